The van der Waals surface area contributed by atoms with Crippen LogP contribution in [0.15, 0.2) is 24.3 Å². The minimum absolute atomic E-state index is 0.0858. The summed E-state index contributed by atoms with van der Waals surface area (Å²) in [6.07, 6.45) is 1.37. The third kappa shape index (κ3) is 3.06. The molecule has 0 aliphatic rings. The van der Waals surface area contributed by atoms with Crippen molar-refractivity contribution in [1.82, 2.24) is 0 Å². The molecule has 1 atom stereocenters. The molecule has 82 valence electrons. The van der Waals surface area contributed by atoms with Crippen LogP contribution in [0, 0.1) is 0 Å². The number of carbonyl (C=O) groups excluding carboxylic acids is 1. The summed E-state index contributed by atoms with van der Waals surface area (Å²) in [6, 6.07) is 6.78. The van der Waals surface area contributed by atoms with Gasteiger partial charge in [0, 0.05) is 6.42 Å². The molecule has 15 heavy (non-hydrogen) atoms. The van der Waals surface area contributed by atoms with Gasteiger partial charge in [0.15, 0.2) is 5.78 Å². The van der Waals surface area contributed by atoms with Gasteiger partial charge in [-0.3, -0.25) is 4.79 Å². The van der Waals surface area contributed by atoms with Crippen molar-refractivity contribution in [3.8, 4) is 5.75 Å². The summed E-state index contributed by atoms with van der Waals surface area (Å²) in [5, 5.41) is 0. The molecule has 1 unspecified atom stereocenters. The Balaban J connectivity index is 2.73. The molecule has 0 radical (unpaired) electrons. The van der Waals surface area contributed by atoms with Crippen molar-refractivity contribution < 1.29 is 9.53 Å². The zero-order valence-corrected chi connectivity index (χ0v) is 9.19. The van der Waals surface area contributed by atoms with Crippen molar-refractivity contribution in [2.45, 2.75) is 25.8 Å². The van der Waals surface area contributed by atoms with Crippen LogP contribution in [0.1, 0.15) is 31.4 Å². The maximum Gasteiger partial charge on any atom is 0.154 e. The van der Waals surface area contributed by atoms with E-state index in [1.54, 1.807) is 7.11 Å². The number of nitrogens with two attached hydrogens (primary N) is 1. The van der Waals surface area contributed by atoms with E-state index in [4.69, 9.17) is 10.5 Å². The van der Waals surface area contributed by atoms with E-state index in [0.29, 0.717) is 6.42 Å². The Morgan fingerprint density at radius 2 is 2.00 bits per heavy atom. The molecule has 0 saturated heterocycles. The van der Waals surface area contributed by atoms with E-state index in [0.717, 1.165) is 17.7 Å². The fourth-order valence-electron chi connectivity index (χ4n) is 1.40. The lowest BCUT2D eigenvalue weighted by Crippen LogP contribution is -2.20. The lowest BCUT2D eigenvalue weighted by Gasteiger charge is -2.10. The van der Waals surface area contributed by atoms with E-state index in [-0.39, 0.29) is 5.78 Å². The summed E-state index contributed by atoms with van der Waals surface area (Å²) in [5.74, 6) is 0.858. The minimum atomic E-state index is -0.504. The molecular weight excluding hydrogens is 190 g/mol. The molecule has 0 spiro atoms. The van der Waals surface area contributed by atoms with Crippen molar-refractivity contribution in [2.75, 3.05) is 7.11 Å². The SMILES string of the molecule is CCCC(=O)C(N)c1ccc(OC)cc1. The fourth-order valence-corrected chi connectivity index (χ4v) is 1.40. The van der Waals surface area contributed by atoms with Crippen LogP contribution in [0.4, 0.5) is 0 Å². The predicted molar refractivity (Wildman–Crippen MR) is 59.8 cm³/mol. The molecule has 0 saturated carbocycles. The smallest absolute Gasteiger partial charge is 0.154 e. The topological polar surface area (TPSA) is 52.3 Å². The number of hydrogen-bond acceptors (Lipinski definition) is 3. The summed E-state index contributed by atoms with van der Waals surface area (Å²) < 4.78 is 5.03. The maximum absolute atomic E-state index is 11.5. The molecule has 0 bridgehead atoms. The molecule has 0 aliphatic carbocycles. The van der Waals surface area contributed by atoms with Gasteiger partial charge < -0.3 is 10.5 Å². The zero-order chi connectivity index (χ0) is 11.3. The quantitative estimate of drug-likeness (QED) is 0.804. The molecular formula is C12H17NO2. The number of carbonyl (C=O) groups is 1. The Bertz CT molecular complexity index is 319. The van der Waals surface area contributed by atoms with Gasteiger partial charge in [0.1, 0.15) is 5.75 Å². The number of hydrogen-bond donors (Lipinski definition) is 1. The van der Waals surface area contributed by atoms with Crippen LogP contribution in [0.25, 0.3) is 0 Å². The molecule has 1 rings (SSSR count). The van der Waals surface area contributed by atoms with E-state index >= 15 is 0 Å². The first-order chi connectivity index (χ1) is 7.19. The highest BCUT2D eigenvalue weighted by Crippen LogP contribution is 2.17. The van der Waals surface area contributed by atoms with Crippen molar-refractivity contribution in [3.63, 3.8) is 0 Å². The van der Waals surface area contributed by atoms with Crippen LogP contribution in [0.5, 0.6) is 5.75 Å². The van der Waals surface area contributed by atoms with Gasteiger partial charge in [0.25, 0.3) is 0 Å². The van der Waals surface area contributed by atoms with Gasteiger partial charge in [-0.1, -0.05) is 19.1 Å². The average Bonchev–Trinajstić information content (AvgIpc) is 2.28. The van der Waals surface area contributed by atoms with E-state index in [9.17, 15) is 4.79 Å². The van der Waals surface area contributed by atoms with Gasteiger partial charge in [0.05, 0.1) is 13.2 Å². The summed E-state index contributed by atoms with van der Waals surface area (Å²) in [6.45, 7) is 1.97. The Morgan fingerprint density at radius 1 is 1.40 bits per heavy atom. The molecule has 1 aromatic rings. The Morgan fingerprint density at radius 3 is 2.47 bits per heavy atom. The monoisotopic (exact) mass is 207 g/mol. The average molecular weight is 207 g/mol. The molecule has 0 aliphatic heterocycles. The second-order valence-corrected chi connectivity index (χ2v) is 3.47. The molecule has 0 amide bonds. The van der Waals surface area contributed by atoms with Gasteiger partial charge in [-0.25, -0.2) is 0 Å². The predicted octanol–water partition coefficient (Wildman–Crippen LogP) is 2.06. The summed E-state index contributed by atoms with van der Waals surface area (Å²) >= 11 is 0. The number of Topliss-reactive ketones (excluding diaryl/α,β-unsaturated/α-hetero) is 1. The maximum atomic E-state index is 11.5. The van der Waals surface area contributed by atoms with Crippen LogP contribution in [-0.2, 0) is 4.79 Å². The highest BCUT2D eigenvalue weighted by molar-refractivity contribution is 5.85. The first-order valence-corrected chi connectivity index (χ1v) is 5.11. The third-order valence-electron chi connectivity index (χ3n) is 2.32. The second kappa shape index (κ2) is 5.51. The number of benzene rings is 1. The molecule has 0 fully saturated rings. The normalized spacial score (nSPS) is 12.2. The molecule has 1 aromatic carbocycles. The molecule has 0 aromatic heterocycles. The highest BCUT2D eigenvalue weighted by Gasteiger charge is 2.14. The molecule has 3 heteroatoms. The summed E-state index contributed by atoms with van der Waals surface area (Å²) in [5.41, 5.74) is 6.67. The van der Waals surface area contributed by atoms with Gasteiger partial charge in [-0.15, -0.1) is 0 Å². The van der Waals surface area contributed by atoms with Crippen LogP contribution < -0.4 is 10.5 Å². The van der Waals surface area contributed by atoms with E-state index < -0.39 is 6.04 Å². The van der Waals surface area contributed by atoms with Gasteiger partial charge in [0.2, 0.25) is 0 Å². The van der Waals surface area contributed by atoms with E-state index in [1.807, 2.05) is 31.2 Å². The van der Waals surface area contributed by atoms with E-state index in [2.05, 4.69) is 0 Å². The van der Waals surface area contributed by atoms with Crippen LogP contribution in [0.2, 0.25) is 0 Å². The number of methoxy groups -OCH3 is 1. The van der Waals surface area contributed by atoms with Crippen molar-refractivity contribution in [2.24, 2.45) is 5.73 Å². The largest absolute Gasteiger partial charge is 0.497 e. The van der Waals surface area contributed by atoms with Crippen LogP contribution in [-0.4, -0.2) is 12.9 Å². The van der Waals surface area contributed by atoms with Gasteiger partial charge in [-0.05, 0) is 24.1 Å². The number of rotatable bonds is 5. The second-order valence-electron chi connectivity index (χ2n) is 3.47. The lowest BCUT2D eigenvalue weighted by atomic mass is 10.0. The zero-order valence-electron chi connectivity index (χ0n) is 9.19. The lowest BCUT2D eigenvalue weighted by molar-refractivity contribution is -0.120. The molecule has 2 N–H and O–H groups in total. The first kappa shape index (κ1) is 11.7. The first-order valence-electron chi connectivity index (χ1n) is 5.11. The standard InChI is InChI=1S/C12H17NO2/c1-3-4-11(14)12(13)9-5-7-10(15-2)8-6-9/h5-8,12H,3-4,13H2,1-2H3. The fraction of sp³-hybridized carbons (Fsp3) is 0.417. The summed E-state index contributed by atoms with van der Waals surface area (Å²) in [4.78, 5) is 11.5. The Kier molecular flexibility index (Phi) is 4.31. The van der Waals surface area contributed by atoms with Gasteiger partial charge >= 0.3 is 0 Å². The third-order valence-corrected chi connectivity index (χ3v) is 2.32. The summed E-state index contributed by atoms with van der Waals surface area (Å²) in [7, 11) is 1.61. The van der Waals surface area contributed by atoms with Crippen molar-refractivity contribution >= 4 is 5.78 Å². The van der Waals surface area contributed by atoms with Crippen molar-refractivity contribution in [1.29, 1.82) is 0 Å². The number of ketones is 1. The van der Waals surface area contributed by atoms with Crippen LogP contribution in [0.3, 0.4) is 0 Å². The molecule has 0 heterocycles. The van der Waals surface area contributed by atoms with Crippen molar-refractivity contribution in [3.05, 3.63) is 29.8 Å². The Labute approximate surface area is 90.2 Å². The highest BCUT2D eigenvalue weighted by atomic mass is 16.5. The van der Waals surface area contributed by atoms with Crippen LogP contribution >= 0.6 is 0 Å². The minimum Gasteiger partial charge on any atom is -0.497 e. The number of ether oxygens (including phenoxy) is 1. The van der Waals surface area contributed by atoms with Gasteiger partial charge in [-0.2, -0.15) is 0 Å². The van der Waals surface area contributed by atoms with E-state index in [1.165, 1.54) is 0 Å². The Hall–Kier alpha value is -1.35. The molecule has 3 nitrogen and oxygen atoms in total.